The van der Waals surface area contributed by atoms with E-state index >= 15 is 0 Å². The summed E-state index contributed by atoms with van der Waals surface area (Å²) in [6, 6.07) is 5.15. The summed E-state index contributed by atoms with van der Waals surface area (Å²) in [5, 5.41) is 0. The van der Waals surface area contributed by atoms with Crippen molar-refractivity contribution in [1.82, 2.24) is 9.97 Å². The Kier molecular flexibility index (Phi) is 2.24. The zero-order chi connectivity index (χ0) is 11.0. The molecule has 0 radical (unpaired) electrons. The van der Waals surface area contributed by atoms with Gasteiger partial charge in [0.1, 0.15) is 5.82 Å². The van der Waals surface area contributed by atoms with Crippen molar-refractivity contribution in [3.05, 3.63) is 53.4 Å². The molecule has 2 aromatic rings. The van der Waals surface area contributed by atoms with Crippen LogP contribution < -0.4 is 0 Å². The average Bonchev–Trinajstić information content (AvgIpc) is 2.89. The second-order valence-electron chi connectivity index (χ2n) is 4.34. The summed E-state index contributed by atoms with van der Waals surface area (Å²) in [7, 11) is 0. The van der Waals surface area contributed by atoms with Gasteiger partial charge >= 0.3 is 0 Å². The summed E-state index contributed by atoms with van der Waals surface area (Å²) in [5.74, 6) is 0.373. The molecular formula is C13H13FN2. The Bertz CT molecular complexity index is 491. The van der Waals surface area contributed by atoms with Gasteiger partial charge in [0.2, 0.25) is 0 Å². The Morgan fingerprint density at radius 1 is 1.44 bits per heavy atom. The third-order valence-electron chi connectivity index (χ3n) is 3.32. The van der Waals surface area contributed by atoms with Gasteiger partial charge in [0.05, 0.1) is 12.0 Å². The van der Waals surface area contributed by atoms with E-state index < -0.39 is 0 Å². The van der Waals surface area contributed by atoms with Crippen LogP contribution in [0.2, 0.25) is 0 Å². The maximum atomic E-state index is 13.0. The third-order valence-corrected chi connectivity index (χ3v) is 3.32. The number of rotatable bonds is 2. The van der Waals surface area contributed by atoms with Crippen LogP contribution in [0.1, 0.15) is 29.2 Å². The molecule has 0 spiro atoms. The second kappa shape index (κ2) is 3.74. The normalized spacial score (nSPS) is 18.7. The number of halogens is 1. The van der Waals surface area contributed by atoms with Gasteiger partial charge in [-0.1, -0.05) is 6.07 Å². The van der Waals surface area contributed by atoms with Crippen LogP contribution in [0.25, 0.3) is 0 Å². The number of nitrogens with one attached hydrogen (secondary N) is 1. The fourth-order valence-electron chi connectivity index (χ4n) is 2.54. The maximum absolute atomic E-state index is 13.0. The molecule has 0 saturated carbocycles. The number of aromatic nitrogens is 2. The molecule has 3 rings (SSSR count). The molecule has 1 atom stereocenters. The van der Waals surface area contributed by atoms with Gasteiger partial charge < -0.3 is 4.98 Å². The van der Waals surface area contributed by atoms with Crippen LogP contribution >= 0.6 is 0 Å². The van der Waals surface area contributed by atoms with Gasteiger partial charge in [0.15, 0.2) is 0 Å². The van der Waals surface area contributed by atoms with E-state index in [-0.39, 0.29) is 5.82 Å². The maximum Gasteiger partial charge on any atom is 0.123 e. The highest BCUT2D eigenvalue weighted by Gasteiger charge is 2.23. The Labute approximate surface area is 93.5 Å². The number of H-pyrrole nitrogens is 1. The number of fused-ring (bicyclic) bond motifs is 1. The lowest BCUT2D eigenvalue weighted by Crippen LogP contribution is -1.99. The van der Waals surface area contributed by atoms with E-state index in [9.17, 15) is 4.39 Å². The van der Waals surface area contributed by atoms with Crippen molar-refractivity contribution in [2.75, 3.05) is 0 Å². The highest BCUT2D eigenvalue weighted by atomic mass is 19.1. The van der Waals surface area contributed by atoms with Crippen molar-refractivity contribution in [3.63, 3.8) is 0 Å². The number of hydrogen-bond donors (Lipinski definition) is 1. The molecule has 0 saturated heterocycles. The summed E-state index contributed by atoms with van der Waals surface area (Å²) in [6.07, 6.45) is 6.67. The molecule has 1 aromatic heterocycles. The van der Waals surface area contributed by atoms with Gasteiger partial charge in [-0.3, -0.25) is 0 Å². The molecular weight excluding hydrogens is 203 g/mol. The molecule has 2 nitrogen and oxygen atoms in total. The molecule has 0 amide bonds. The number of hydrogen-bond acceptors (Lipinski definition) is 1. The highest BCUT2D eigenvalue weighted by molar-refractivity contribution is 5.36. The van der Waals surface area contributed by atoms with E-state index in [0.717, 1.165) is 25.0 Å². The lowest BCUT2D eigenvalue weighted by Gasteiger charge is -2.09. The second-order valence-corrected chi connectivity index (χ2v) is 4.34. The van der Waals surface area contributed by atoms with Crippen molar-refractivity contribution in [1.29, 1.82) is 0 Å². The molecule has 0 aliphatic heterocycles. The number of nitrogens with zero attached hydrogens (tertiary/aromatic N) is 1. The van der Waals surface area contributed by atoms with E-state index in [1.165, 1.54) is 11.1 Å². The quantitative estimate of drug-likeness (QED) is 0.821. The van der Waals surface area contributed by atoms with Crippen LogP contribution in [0.3, 0.4) is 0 Å². The van der Waals surface area contributed by atoms with E-state index in [1.54, 1.807) is 18.5 Å². The minimum Gasteiger partial charge on any atom is -0.351 e. The lowest BCUT2D eigenvalue weighted by atomic mass is 9.96. The van der Waals surface area contributed by atoms with E-state index in [1.807, 2.05) is 12.3 Å². The van der Waals surface area contributed by atoms with Gasteiger partial charge in [0.25, 0.3) is 0 Å². The standard InChI is InChI=1S/C13H13FN2/c14-11-3-4-13-9(5-11)1-2-10(13)6-12-7-15-8-16-12/h3-5,7-8,10H,1-2,6H2,(H,15,16). The van der Waals surface area contributed by atoms with Gasteiger partial charge in [-0.05, 0) is 48.4 Å². The minimum atomic E-state index is -0.126. The van der Waals surface area contributed by atoms with Crippen LogP contribution in [0.4, 0.5) is 4.39 Å². The van der Waals surface area contributed by atoms with Crippen molar-refractivity contribution in [3.8, 4) is 0 Å². The van der Waals surface area contributed by atoms with Gasteiger partial charge in [-0.25, -0.2) is 9.37 Å². The topological polar surface area (TPSA) is 28.7 Å². The predicted octanol–water partition coefficient (Wildman–Crippen LogP) is 2.82. The summed E-state index contributed by atoms with van der Waals surface area (Å²) in [5.41, 5.74) is 3.55. The first-order valence-electron chi connectivity index (χ1n) is 5.59. The smallest absolute Gasteiger partial charge is 0.123 e. The average molecular weight is 216 g/mol. The fourth-order valence-corrected chi connectivity index (χ4v) is 2.54. The molecule has 1 aliphatic rings. The molecule has 1 heterocycles. The first-order chi connectivity index (χ1) is 7.83. The Balaban J connectivity index is 1.86. The Morgan fingerprint density at radius 3 is 3.19 bits per heavy atom. The van der Waals surface area contributed by atoms with Crippen LogP contribution in [-0.2, 0) is 12.8 Å². The first-order valence-corrected chi connectivity index (χ1v) is 5.59. The zero-order valence-corrected chi connectivity index (χ0v) is 8.91. The van der Waals surface area contributed by atoms with Gasteiger partial charge in [-0.2, -0.15) is 0 Å². The van der Waals surface area contributed by atoms with Crippen molar-refractivity contribution in [2.24, 2.45) is 0 Å². The molecule has 82 valence electrons. The highest BCUT2D eigenvalue weighted by Crippen LogP contribution is 2.35. The van der Waals surface area contributed by atoms with E-state index in [4.69, 9.17) is 0 Å². The van der Waals surface area contributed by atoms with Crippen LogP contribution in [0.5, 0.6) is 0 Å². The number of imidazole rings is 1. The third kappa shape index (κ3) is 1.62. The van der Waals surface area contributed by atoms with E-state index in [2.05, 4.69) is 9.97 Å². The fraction of sp³-hybridized carbons (Fsp3) is 0.308. The zero-order valence-electron chi connectivity index (χ0n) is 8.91. The Morgan fingerprint density at radius 2 is 2.38 bits per heavy atom. The molecule has 0 bridgehead atoms. The van der Waals surface area contributed by atoms with Crippen LogP contribution in [-0.4, -0.2) is 9.97 Å². The number of aryl methyl sites for hydroxylation is 1. The molecule has 3 heteroatoms. The summed E-state index contributed by atoms with van der Waals surface area (Å²) < 4.78 is 13.0. The summed E-state index contributed by atoms with van der Waals surface area (Å²) in [6.45, 7) is 0. The van der Waals surface area contributed by atoms with Crippen LogP contribution in [0, 0.1) is 5.82 Å². The summed E-state index contributed by atoms with van der Waals surface area (Å²) in [4.78, 5) is 7.21. The summed E-state index contributed by atoms with van der Waals surface area (Å²) >= 11 is 0. The molecule has 1 N–H and O–H groups in total. The molecule has 1 unspecified atom stereocenters. The van der Waals surface area contributed by atoms with Crippen LogP contribution in [0.15, 0.2) is 30.7 Å². The number of benzene rings is 1. The van der Waals surface area contributed by atoms with E-state index in [0.29, 0.717) is 5.92 Å². The molecule has 1 aliphatic carbocycles. The van der Waals surface area contributed by atoms with Crippen molar-refractivity contribution < 1.29 is 4.39 Å². The minimum absolute atomic E-state index is 0.126. The largest absolute Gasteiger partial charge is 0.351 e. The SMILES string of the molecule is Fc1ccc2c(c1)CCC2Cc1c[nH]cn1. The number of aromatic amines is 1. The van der Waals surface area contributed by atoms with Gasteiger partial charge in [0, 0.05) is 6.20 Å². The van der Waals surface area contributed by atoms with Gasteiger partial charge in [-0.15, -0.1) is 0 Å². The molecule has 16 heavy (non-hydrogen) atoms. The molecule has 0 fully saturated rings. The monoisotopic (exact) mass is 216 g/mol. The van der Waals surface area contributed by atoms with Crippen molar-refractivity contribution in [2.45, 2.75) is 25.2 Å². The Hall–Kier alpha value is -1.64. The van der Waals surface area contributed by atoms with Crippen molar-refractivity contribution >= 4 is 0 Å². The molecule has 1 aromatic carbocycles. The predicted molar refractivity (Wildman–Crippen MR) is 59.8 cm³/mol. The first kappa shape index (κ1) is 9.58. The lowest BCUT2D eigenvalue weighted by molar-refractivity contribution is 0.625.